The van der Waals surface area contributed by atoms with Gasteiger partial charge in [-0.2, -0.15) is 13.2 Å². The summed E-state index contributed by atoms with van der Waals surface area (Å²) >= 11 is 0. The summed E-state index contributed by atoms with van der Waals surface area (Å²) in [4.78, 5) is 23.4. The van der Waals surface area contributed by atoms with Crippen LogP contribution in [0.1, 0.15) is 5.56 Å². The van der Waals surface area contributed by atoms with E-state index in [0.29, 0.717) is 16.5 Å². The van der Waals surface area contributed by atoms with Crippen molar-refractivity contribution in [2.75, 3.05) is 13.2 Å². The molecule has 1 heterocycles. The number of nitro groups is 1. The molecule has 0 spiro atoms. The lowest BCUT2D eigenvalue weighted by molar-refractivity contribution is -0.385. The number of rotatable bonds is 5. The van der Waals surface area contributed by atoms with Crippen molar-refractivity contribution in [1.29, 1.82) is 0 Å². The predicted molar refractivity (Wildman–Crippen MR) is 86.3 cm³/mol. The molecule has 0 aliphatic carbocycles. The number of nitro benzene ring substituents is 1. The maximum atomic E-state index is 13.1. The van der Waals surface area contributed by atoms with E-state index in [1.54, 1.807) is 6.92 Å². The molecular formula is C15H14F5N3O5. The van der Waals surface area contributed by atoms with E-state index in [2.05, 4.69) is 4.98 Å². The molecule has 0 unspecified atom stereocenters. The number of halogens is 5. The Morgan fingerprint density at radius 3 is 2.36 bits per heavy atom. The first-order valence-corrected chi connectivity index (χ1v) is 7.33. The molecule has 0 saturated carbocycles. The predicted octanol–water partition coefficient (Wildman–Crippen LogP) is 3.06. The van der Waals surface area contributed by atoms with E-state index in [1.165, 1.54) is 24.4 Å². The van der Waals surface area contributed by atoms with E-state index in [9.17, 15) is 32.1 Å². The van der Waals surface area contributed by atoms with Crippen LogP contribution in [0.5, 0.6) is 5.75 Å². The highest BCUT2D eigenvalue weighted by atomic mass is 19.4. The minimum Gasteiger partial charge on any atom is -0.486 e. The third-order valence-electron chi connectivity index (χ3n) is 3.20. The number of aliphatic carboxylic acids is 1. The highest BCUT2D eigenvalue weighted by Gasteiger charge is 2.38. The van der Waals surface area contributed by atoms with Crippen LogP contribution in [0.4, 0.5) is 27.6 Å². The number of fused-ring (bicyclic) bond motifs is 1. The number of alkyl halides is 5. The summed E-state index contributed by atoms with van der Waals surface area (Å²) in [6.45, 7) is -0.158. The van der Waals surface area contributed by atoms with Gasteiger partial charge in [-0.05, 0) is 19.1 Å². The number of nitrogens with zero attached hydrogens (tertiary/aromatic N) is 2. The number of carboxylic acids is 1. The van der Waals surface area contributed by atoms with Crippen molar-refractivity contribution in [3.8, 4) is 5.75 Å². The molecule has 2 aromatic rings. The van der Waals surface area contributed by atoms with Crippen molar-refractivity contribution in [2.24, 2.45) is 5.73 Å². The summed E-state index contributed by atoms with van der Waals surface area (Å²) in [6, 6.07) is 4.17. The second kappa shape index (κ2) is 8.73. The fourth-order valence-corrected chi connectivity index (χ4v) is 1.83. The molecular weight excluding hydrogens is 397 g/mol. The van der Waals surface area contributed by atoms with Crippen molar-refractivity contribution in [1.82, 2.24) is 4.98 Å². The fourth-order valence-electron chi connectivity index (χ4n) is 1.83. The highest BCUT2D eigenvalue weighted by molar-refractivity contribution is 5.88. The Hall–Kier alpha value is -3.09. The Morgan fingerprint density at radius 1 is 1.32 bits per heavy atom. The van der Waals surface area contributed by atoms with Gasteiger partial charge < -0.3 is 15.6 Å². The van der Waals surface area contributed by atoms with Crippen LogP contribution in [0, 0.1) is 17.0 Å². The number of hydrogen-bond acceptors (Lipinski definition) is 6. The van der Waals surface area contributed by atoms with Gasteiger partial charge in [0.05, 0.1) is 17.0 Å². The fraction of sp³-hybridized carbons (Fsp3) is 0.333. The summed E-state index contributed by atoms with van der Waals surface area (Å²) in [6.07, 6.45) is -3.69. The quantitative estimate of drug-likeness (QED) is 0.440. The number of carbonyl (C=O) groups is 1. The first-order valence-electron chi connectivity index (χ1n) is 7.33. The second-order valence-electron chi connectivity index (χ2n) is 5.37. The molecule has 2 rings (SSSR count). The maximum Gasteiger partial charge on any atom is 0.490 e. The molecule has 13 heteroatoms. The van der Waals surface area contributed by atoms with Crippen molar-refractivity contribution < 1.29 is 41.5 Å². The van der Waals surface area contributed by atoms with Crippen LogP contribution in [-0.2, 0) is 4.79 Å². The Morgan fingerprint density at radius 2 is 1.89 bits per heavy atom. The molecule has 1 aromatic carbocycles. The van der Waals surface area contributed by atoms with E-state index < -0.39 is 36.1 Å². The van der Waals surface area contributed by atoms with Crippen LogP contribution < -0.4 is 10.5 Å². The molecule has 0 saturated heterocycles. The lowest BCUT2D eigenvalue weighted by atomic mass is 10.1. The van der Waals surface area contributed by atoms with Crippen molar-refractivity contribution >= 4 is 22.6 Å². The van der Waals surface area contributed by atoms with Gasteiger partial charge in [-0.1, -0.05) is 0 Å². The standard InChI is InChI=1S/C13H13F2N3O3.C2HF3O2/c1-8-4-10-9(5-11(8)18(19)20)12(2-3-17-10)21-7-13(14,15)6-16;3-2(4,5)1(6)7/h2-5H,6-7,16H2,1H3;(H,6,7). The number of ether oxygens (including phenoxy) is 1. The minimum atomic E-state index is -5.08. The maximum absolute atomic E-state index is 13.1. The van der Waals surface area contributed by atoms with Crippen molar-refractivity contribution in [3.05, 3.63) is 40.1 Å². The van der Waals surface area contributed by atoms with Gasteiger partial charge in [-0.15, -0.1) is 0 Å². The lowest BCUT2D eigenvalue weighted by Crippen LogP contribution is -2.34. The monoisotopic (exact) mass is 411 g/mol. The minimum absolute atomic E-state index is 0.108. The SMILES string of the molecule is Cc1cc2nccc(OCC(F)(F)CN)c2cc1[N+](=O)[O-].O=C(O)C(F)(F)F. The number of hydrogen-bond donors (Lipinski definition) is 2. The molecule has 1 aromatic heterocycles. The zero-order valence-corrected chi connectivity index (χ0v) is 14.2. The molecule has 28 heavy (non-hydrogen) atoms. The molecule has 0 fully saturated rings. The van der Waals surface area contributed by atoms with Crippen LogP contribution in [0.3, 0.4) is 0 Å². The van der Waals surface area contributed by atoms with Gasteiger partial charge in [0.2, 0.25) is 0 Å². The Kier molecular flexibility index (Phi) is 7.16. The topological polar surface area (TPSA) is 129 Å². The Labute approximate surface area is 153 Å². The number of pyridine rings is 1. The molecule has 8 nitrogen and oxygen atoms in total. The summed E-state index contributed by atoms with van der Waals surface area (Å²) < 4.78 is 63.1. The van der Waals surface area contributed by atoms with Crippen LogP contribution in [0.25, 0.3) is 10.9 Å². The molecule has 0 atom stereocenters. The van der Waals surface area contributed by atoms with Crippen molar-refractivity contribution in [3.63, 3.8) is 0 Å². The van der Waals surface area contributed by atoms with Gasteiger partial charge in [-0.25, -0.2) is 13.6 Å². The van der Waals surface area contributed by atoms with Crippen LogP contribution in [0.15, 0.2) is 24.4 Å². The number of aromatic nitrogens is 1. The number of carboxylic acid groups (broad SMARTS) is 1. The van der Waals surface area contributed by atoms with Crippen molar-refractivity contribution in [2.45, 2.75) is 19.0 Å². The molecule has 154 valence electrons. The van der Waals surface area contributed by atoms with Gasteiger partial charge in [0.15, 0.2) is 6.61 Å². The zero-order chi connectivity index (χ0) is 21.7. The average Bonchev–Trinajstić information content (AvgIpc) is 2.58. The van der Waals surface area contributed by atoms with Crippen LogP contribution >= 0.6 is 0 Å². The Balaban J connectivity index is 0.000000480. The number of benzene rings is 1. The Bertz CT molecular complexity index is 873. The molecule has 3 N–H and O–H groups in total. The largest absolute Gasteiger partial charge is 0.490 e. The van der Waals surface area contributed by atoms with Gasteiger partial charge in [0.25, 0.3) is 11.6 Å². The van der Waals surface area contributed by atoms with Gasteiger partial charge in [0, 0.05) is 23.2 Å². The normalized spacial score (nSPS) is 11.5. The van der Waals surface area contributed by atoms with Gasteiger partial charge in [0.1, 0.15) is 5.75 Å². The van der Waals surface area contributed by atoms with Crippen LogP contribution in [-0.4, -0.2) is 46.2 Å². The second-order valence-corrected chi connectivity index (χ2v) is 5.37. The van der Waals surface area contributed by atoms with E-state index in [4.69, 9.17) is 20.4 Å². The molecule has 0 aliphatic rings. The third-order valence-corrected chi connectivity index (χ3v) is 3.20. The number of nitrogens with two attached hydrogens (primary N) is 1. The third kappa shape index (κ3) is 6.26. The van der Waals surface area contributed by atoms with E-state index in [1.807, 2.05) is 0 Å². The summed E-state index contributed by atoms with van der Waals surface area (Å²) in [5.41, 5.74) is 5.69. The lowest BCUT2D eigenvalue weighted by Gasteiger charge is -2.15. The zero-order valence-electron chi connectivity index (χ0n) is 14.2. The number of aryl methyl sites for hydroxylation is 1. The molecule has 0 amide bonds. The van der Waals surface area contributed by atoms with E-state index in [-0.39, 0.29) is 11.4 Å². The van der Waals surface area contributed by atoms with Crippen LogP contribution in [0.2, 0.25) is 0 Å². The molecule has 0 aliphatic heterocycles. The first-order chi connectivity index (χ1) is 12.8. The summed E-state index contributed by atoms with van der Waals surface area (Å²) in [7, 11) is 0. The van der Waals surface area contributed by atoms with Gasteiger partial charge >= 0.3 is 12.1 Å². The first kappa shape index (κ1) is 23.0. The average molecular weight is 411 g/mol. The summed E-state index contributed by atoms with van der Waals surface area (Å²) in [5, 5.41) is 18.4. The molecule has 0 bridgehead atoms. The van der Waals surface area contributed by atoms with E-state index >= 15 is 0 Å². The highest BCUT2D eigenvalue weighted by Crippen LogP contribution is 2.31. The smallest absolute Gasteiger partial charge is 0.486 e. The summed E-state index contributed by atoms with van der Waals surface area (Å²) in [5.74, 6) is -5.81. The van der Waals surface area contributed by atoms with Gasteiger partial charge in [-0.3, -0.25) is 15.1 Å². The van der Waals surface area contributed by atoms with E-state index in [0.717, 1.165) is 0 Å². The molecule has 0 radical (unpaired) electrons.